The van der Waals surface area contributed by atoms with E-state index in [9.17, 15) is 13.5 Å². The molecule has 0 aromatic carbocycles. The number of thiophene rings is 1. The van der Waals surface area contributed by atoms with Gasteiger partial charge in [0.05, 0.1) is 16.5 Å². The molecule has 0 amide bonds. The third-order valence-corrected chi connectivity index (χ3v) is 6.52. The Kier molecular flexibility index (Phi) is 6.87. The van der Waals surface area contributed by atoms with E-state index in [2.05, 4.69) is 11.3 Å². The second kappa shape index (κ2) is 7.74. The average molecular weight is 352 g/mol. The number of hydrogen-bond acceptors (Lipinski definition) is 4. The molecular formula is C14H22ClNO3S2. The van der Waals surface area contributed by atoms with Gasteiger partial charge in [-0.1, -0.05) is 37.4 Å². The highest BCUT2D eigenvalue weighted by Gasteiger charge is 2.30. The van der Waals surface area contributed by atoms with Gasteiger partial charge in [-0.25, -0.2) is 13.1 Å². The Labute approximate surface area is 135 Å². The normalized spacial score (nSPS) is 16.4. The summed E-state index contributed by atoms with van der Waals surface area (Å²) >= 11 is 6.79. The van der Waals surface area contributed by atoms with Gasteiger partial charge in [-0.05, 0) is 31.4 Å². The van der Waals surface area contributed by atoms with Crippen LogP contribution in [0.15, 0.2) is 28.5 Å². The Bertz CT molecular complexity index is 583. The van der Waals surface area contributed by atoms with Crippen molar-refractivity contribution in [1.29, 1.82) is 0 Å². The third-order valence-electron chi connectivity index (χ3n) is 3.33. The van der Waals surface area contributed by atoms with Crippen LogP contribution in [-0.2, 0) is 10.0 Å². The van der Waals surface area contributed by atoms with Gasteiger partial charge in [0.1, 0.15) is 4.21 Å². The van der Waals surface area contributed by atoms with Crippen LogP contribution >= 0.6 is 22.9 Å². The quantitative estimate of drug-likeness (QED) is 0.705. The Morgan fingerprint density at radius 1 is 1.52 bits per heavy atom. The maximum atomic E-state index is 12.4. The summed E-state index contributed by atoms with van der Waals surface area (Å²) in [6.07, 6.45) is 0.316. The van der Waals surface area contributed by atoms with E-state index in [1.807, 2.05) is 20.8 Å². The number of rotatable bonds is 8. The molecule has 0 aliphatic rings. The van der Waals surface area contributed by atoms with E-state index in [1.165, 1.54) is 6.07 Å². The Balaban J connectivity index is 2.97. The van der Waals surface area contributed by atoms with Crippen LogP contribution in [0.2, 0.25) is 4.34 Å². The molecule has 1 aromatic rings. The Morgan fingerprint density at radius 2 is 2.14 bits per heavy atom. The van der Waals surface area contributed by atoms with Crippen LogP contribution in [-0.4, -0.2) is 25.7 Å². The summed E-state index contributed by atoms with van der Waals surface area (Å²) in [5.74, 6) is 0.00422. The van der Waals surface area contributed by atoms with Crippen molar-refractivity contribution in [3.05, 3.63) is 28.6 Å². The zero-order chi connectivity index (χ0) is 16.2. The van der Waals surface area contributed by atoms with Crippen molar-refractivity contribution in [3.8, 4) is 0 Å². The lowest BCUT2D eigenvalue weighted by atomic mass is 9.92. The lowest BCUT2D eigenvalue weighted by molar-refractivity contribution is 0.111. The van der Waals surface area contributed by atoms with E-state index >= 15 is 0 Å². The summed E-state index contributed by atoms with van der Waals surface area (Å²) in [6.45, 7) is 9.45. The number of nitrogens with one attached hydrogen (secondary N) is 1. The zero-order valence-electron chi connectivity index (χ0n) is 12.5. The molecule has 0 radical (unpaired) electrons. The van der Waals surface area contributed by atoms with Gasteiger partial charge in [-0.3, -0.25) is 0 Å². The first-order chi connectivity index (χ1) is 9.67. The fraction of sp³-hybridized carbons (Fsp3) is 0.571. The molecule has 0 bridgehead atoms. The number of halogens is 1. The minimum Gasteiger partial charge on any atom is -0.391 e. The van der Waals surface area contributed by atoms with Gasteiger partial charge in [-0.15, -0.1) is 17.9 Å². The van der Waals surface area contributed by atoms with Crippen molar-refractivity contribution >= 4 is 33.0 Å². The fourth-order valence-corrected chi connectivity index (χ4v) is 4.87. The topological polar surface area (TPSA) is 66.4 Å². The molecule has 3 atom stereocenters. The van der Waals surface area contributed by atoms with Crippen LogP contribution in [0.1, 0.15) is 33.6 Å². The molecule has 21 heavy (non-hydrogen) atoms. The molecule has 4 nitrogen and oxygen atoms in total. The van der Waals surface area contributed by atoms with E-state index in [-0.39, 0.29) is 10.1 Å². The maximum absolute atomic E-state index is 12.4. The molecule has 0 unspecified atom stereocenters. The van der Waals surface area contributed by atoms with Gasteiger partial charge in [0.15, 0.2) is 0 Å². The molecule has 2 N–H and O–H groups in total. The van der Waals surface area contributed by atoms with Gasteiger partial charge >= 0.3 is 0 Å². The van der Waals surface area contributed by atoms with E-state index in [4.69, 9.17) is 11.6 Å². The SMILES string of the molecule is C=C(C)C[C@@H](O)[C@H](NS(=O)(=O)c1ccc(Cl)s1)[C@@H](C)CC. The van der Waals surface area contributed by atoms with Crippen LogP contribution in [0.25, 0.3) is 0 Å². The van der Waals surface area contributed by atoms with E-state index in [1.54, 1.807) is 6.07 Å². The van der Waals surface area contributed by atoms with E-state index < -0.39 is 22.2 Å². The van der Waals surface area contributed by atoms with Crippen molar-refractivity contribution in [1.82, 2.24) is 4.72 Å². The molecule has 0 saturated carbocycles. The smallest absolute Gasteiger partial charge is 0.250 e. The van der Waals surface area contributed by atoms with E-state index in [0.29, 0.717) is 10.8 Å². The second-order valence-corrected chi connectivity index (χ2v) is 8.98. The fourth-order valence-electron chi connectivity index (χ4n) is 1.99. The molecule has 1 rings (SSSR count). The van der Waals surface area contributed by atoms with Crippen LogP contribution in [0.3, 0.4) is 0 Å². The number of aliphatic hydroxyl groups excluding tert-OH is 1. The predicted molar refractivity (Wildman–Crippen MR) is 88.3 cm³/mol. The summed E-state index contributed by atoms with van der Waals surface area (Å²) in [6, 6.07) is 2.45. The molecule has 120 valence electrons. The number of aliphatic hydroxyl groups is 1. The first-order valence-electron chi connectivity index (χ1n) is 6.77. The van der Waals surface area contributed by atoms with E-state index in [0.717, 1.165) is 23.3 Å². The highest BCUT2D eigenvalue weighted by atomic mass is 35.5. The van der Waals surface area contributed by atoms with Crippen LogP contribution in [0.4, 0.5) is 0 Å². The van der Waals surface area contributed by atoms with Gasteiger partial charge in [0.2, 0.25) is 10.0 Å². The summed E-state index contributed by atoms with van der Waals surface area (Å²) in [7, 11) is -3.68. The summed E-state index contributed by atoms with van der Waals surface area (Å²) < 4.78 is 27.9. The lowest BCUT2D eigenvalue weighted by Crippen LogP contribution is -2.47. The van der Waals surface area contributed by atoms with Gasteiger partial charge in [-0.2, -0.15) is 0 Å². The van der Waals surface area contributed by atoms with Crippen LogP contribution in [0, 0.1) is 5.92 Å². The molecular weight excluding hydrogens is 330 g/mol. The van der Waals surface area contributed by atoms with Gasteiger partial charge in [0.25, 0.3) is 0 Å². The lowest BCUT2D eigenvalue weighted by Gasteiger charge is -2.28. The number of sulfonamides is 1. The highest BCUT2D eigenvalue weighted by molar-refractivity contribution is 7.91. The summed E-state index contributed by atoms with van der Waals surface area (Å²) in [5, 5.41) is 10.3. The molecule has 1 heterocycles. The second-order valence-electron chi connectivity index (χ2n) is 5.32. The molecule has 0 aliphatic heterocycles. The van der Waals surface area contributed by atoms with Crippen LogP contribution in [0.5, 0.6) is 0 Å². The largest absolute Gasteiger partial charge is 0.391 e. The molecule has 7 heteroatoms. The minimum absolute atomic E-state index is 0.00422. The zero-order valence-corrected chi connectivity index (χ0v) is 14.9. The highest BCUT2D eigenvalue weighted by Crippen LogP contribution is 2.27. The molecule has 1 aromatic heterocycles. The monoisotopic (exact) mass is 351 g/mol. The van der Waals surface area contributed by atoms with Crippen molar-refractivity contribution in [2.24, 2.45) is 5.92 Å². The first kappa shape index (κ1) is 18.6. The standard InChI is InChI=1S/C14H22ClNO3S2/c1-5-10(4)14(11(17)8-9(2)3)16-21(18,19)13-7-6-12(15)20-13/h6-7,10-11,14,16-17H,2,5,8H2,1,3-4H3/t10-,11+,14+/m0/s1. The Hall–Kier alpha value is -0.400. The van der Waals surface area contributed by atoms with Crippen molar-refractivity contribution in [3.63, 3.8) is 0 Å². The third kappa shape index (κ3) is 5.38. The summed E-state index contributed by atoms with van der Waals surface area (Å²) in [4.78, 5) is 0. The van der Waals surface area contributed by atoms with Gasteiger partial charge < -0.3 is 5.11 Å². The van der Waals surface area contributed by atoms with Crippen molar-refractivity contribution < 1.29 is 13.5 Å². The first-order valence-corrected chi connectivity index (χ1v) is 9.45. The number of hydrogen-bond donors (Lipinski definition) is 2. The van der Waals surface area contributed by atoms with Crippen LogP contribution < -0.4 is 4.72 Å². The molecule has 0 saturated heterocycles. The van der Waals surface area contributed by atoms with Crippen molar-refractivity contribution in [2.75, 3.05) is 0 Å². The summed E-state index contributed by atoms with van der Waals surface area (Å²) in [5.41, 5.74) is 0.814. The minimum atomic E-state index is -3.68. The molecule has 0 aliphatic carbocycles. The molecule has 0 fully saturated rings. The Morgan fingerprint density at radius 3 is 2.57 bits per heavy atom. The van der Waals surface area contributed by atoms with Crippen molar-refractivity contribution in [2.45, 2.75) is 50.0 Å². The average Bonchev–Trinajstić information content (AvgIpc) is 2.81. The predicted octanol–water partition coefficient (Wildman–Crippen LogP) is 3.42. The maximum Gasteiger partial charge on any atom is 0.250 e. The van der Waals surface area contributed by atoms with Gasteiger partial charge in [0, 0.05) is 0 Å². The molecule has 0 spiro atoms.